The monoisotopic (exact) mass is 1390 g/mol. The number of hydrogen-bond donors (Lipinski definition) is 18. The molecule has 0 radical (unpaired) electrons. The van der Waals surface area contributed by atoms with Crippen LogP contribution >= 0.6 is 0 Å². The minimum Gasteiger partial charge on any atom is -0.383 e. The Labute approximate surface area is 557 Å². The number of unbranched alkanes of at least 4 members (excludes halogenated alkanes) is 1. The van der Waals surface area contributed by atoms with Crippen LogP contribution in [0.3, 0.4) is 0 Å². The summed E-state index contributed by atoms with van der Waals surface area (Å²) in [5, 5.41) is 15.1. The van der Waals surface area contributed by atoms with Crippen molar-refractivity contribution in [3.8, 4) is 0 Å². The van der Waals surface area contributed by atoms with Crippen LogP contribution in [-0.4, -0.2) is 177 Å². The predicted octanol–water partition coefficient (Wildman–Crippen LogP) is -10.3. The number of nitrogens with zero attached hydrogens (tertiary/aromatic N) is 15. The number of imidazole rings is 3. The number of carbonyl (C=O) groups excluding carboxylic acids is 7. The Balaban J connectivity index is 1.07. The number of aromatic nitrogens is 18. The zero-order valence-electron chi connectivity index (χ0n) is 52.6. The highest BCUT2D eigenvalue weighted by molar-refractivity contribution is 5.97. The van der Waals surface area contributed by atoms with Crippen molar-refractivity contribution < 1.29 is 33.6 Å². The van der Waals surface area contributed by atoms with Crippen LogP contribution in [0, 0.1) is 0 Å². The Morgan fingerprint density at radius 3 is 1.11 bits per heavy atom. The van der Waals surface area contributed by atoms with Gasteiger partial charge in [-0.2, -0.15) is 29.9 Å². The molecule has 0 bridgehead atoms. The van der Waals surface area contributed by atoms with Crippen molar-refractivity contribution in [2.75, 3.05) is 40.9 Å². The molecule has 0 aromatic carbocycles. The van der Waals surface area contributed by atoms with Gasteiger partial charge in [0, 0.05) is 44.8 Å². The van der Waals surface area contributed by atoms with E-state index in [1.54, 1.807) is 0 Å². The number of nitrogen functional groups attached to an aromatic ring is 6. The molecule has 0 aliphatic heterocycles. The molecule has 0 aliphatic carbocycles. The summed E-state index contributed by atoms with van der Waals surface area (Å²) in [4.78, 5) is 223. The van der Waals surface area contributed by atoms with E-state index in [9.17, 15) is 47.9 Å². The van der Waals surface area contributed by atoms with Crippen LogP contribution in [0.4, 0.5) is 35.3 Å². The normalized spacial score (nSPS) is 13.5. The summed E-state index contributed by atoms with van der Waals surface area (Å²) in [6.45, 7) is -2.72. The highest BCUT2D eigenvalue weighted by atomic mass is 16.2. The van der Waals surface area contributed by atoms with Gasteiger partial charge in [-0.25, -0.2) is 29.3 Å². The number of anilines is 6. The first kappa shape index (κ1) is 71.0. The van der Waals surface area contributed by atoms with Gasteiger partial charge in [-0.3, -0.25) is 76.6 Å². The lowest BCUT2D eigenvalue weighted by molar-refractivity contribution is -0.136. The van der Waals surface area contributed by atoms with Gasteiger partial charge in [0.15, 0.2) is 33.5 Å². The second kappa shape index (κ2) is 31.1. The highest BCUT2D eigenvalue weighted by Gasteiger charge is 2.35. The van der Waals surface area contributed by atoms with E-state index in [4.69, 9.17) is 51.6 Å². The maximum Gasteiger partial charge on any atom is 0.349 e. The predicted molar refractivity (Wildman–Crippen MR) is 352 cm³/mol. The quantitative estimate of drug-likeness (QED) is 0.0174. The lowest BCUT2D eigenvalue weighted by Crippen LogP contribution is -2.61. The molecule has 9 heterocycles. The van der Waals surface area contributed by atoms with E-state index >= 15 is 14.4 Å². The van der Waals surface area contributed by atoms with Crippen LogP contribution in [0.15, 0.2) is 84.5 Å². The number of fused-ring (bicyclic) bond motifs is 3. The minimum absolute atomic E-state index is 0.0202. The van der Waals surface area contributed by atoms with E-state index in [1.807, 2.05) is 0 Å². The average Bonchev–Trinajstić information content (AvgIpc) is 1.43. The fraction of sp³-hybridized carbons (Fsp3) is 0.370. The van der Waals surface area contributed by atoms with Gasteiger partial charge in [0.25, 0.3) is 16.7 Å². The van der Waals surface area contributed by atoms with Crippen molar-refractivity contribution in [1.82, 2.24) is 119 Å². The lowest BCUT2D eigenvalue weighted by atomic mass is 10.1. The third kappa shape index (κ3) is 17.4. The van der Waals surface area contributed by atoms with Crippen molar-refractivity contribution in [3.63, 3.8) is 0 Å². The fourth-order valence-electron chi connectivity index (χ4n) is 10.3. The molecule has 46 heteroatoms. The topological polar surface area (TPSA) is 721 Å². The molecule has 27 N–H and O–H groups in total. The van der Waals surface area contributed by atoms with Gasteiger partial charge < -0.3 is 97.2 Å². The van der Waals surface area contributed by atoms with Crippen molar-refractivity contribution in [2.45, 2.75) is 120 Å². The molecular weight excluding hydrogens is 1320 g/mol. The fourth-order valence-corrected chi connectivity index (χ4v) is 10.3. The summed E-state index contributed by atoms with van der Waals surface area (Å²) in [7, 11) is 0. The maximum atomic E-state index is 15.3. The van der Waals surface area contributed by atoms with E-state index < -0.39 is 156 Å². The SMILES string of the molecule is NCCCC[C@@H](NC(=O)[C@@H](CCn1ccc(N)nc1=O)NC(=O)[C@@H](Cn1ccc(N)nc1=O)NC(=O)[C@@H](CCn1cnc2c(=O)[nH]c(N)nc21)NC(=O)[C@@H](Cn1ccc(N)nc1=O)NC(=O)[C@@H](CCn1cnc2c(=O)[nH]c(N)nc21)NC(=O)[C@H](N)Cn1cnc2c(=O)[nH]c(N)nc21)C(N)=O. The number of hydrogen-bond acceptors (Lipinski definition) is 30. The summed E-state index contributed by atoms with van der Waals surface area (Å²) in [6.07, 6.45) is 6.47. The number of primary amides is 1. The first-order valence-corrected chi connectivity index (χ1v) is 30.3. The summed E-state index contributed by atoms with van der Waals surface area (Å²) in [6, 6.07) is -8.43. The van der Waals surface area contributed by atoms with Gasteiger partial charge in [-0.05, 0) is 63.3 Å². The Morgan fingerprint density at radius 1 is 0.400 bits per heavy atom. The van der Waals surface area contributed by atoms with Crippen molar-refractivity contribution in [2.24, 2.45) is 17.2 Å². The lowest BCUT2D eigenvalue weighted by Gasteiger charge is -2.28. The molecular formula is C54H69N33O13. The second-order valence-electron chi connectivity index (χ2n) is 22.6. The molecule has 0 spiro atoms. The van der Waals surface area contributed by atoms with Crippen LogP contribution in [0.25, 0.3) is 33.5 Å². The maximum absolute atomic E-state index is 15.3. The highest BCUT2D eigenvalue weighted by Crippen LogP contribution is 2.14. The van der Waals surface area contributed by atoms with Crippen molar-refractivity contribution in [1.29, 1.82) is 0 Å². The minimum atomic E-state index is -1.98. The molecule has 9 aromatic rings. The van der Waals surface area contributed by atoms with Crippen molar-refractivity contribution >= 4 is 110 Å². The largest absolute Gasteiger partial charge is 0.383 e. The Morgan fingerprint density at radius 2 is 0.730 bits per heavy atom. The van der Waals surface area contributed by atoms with Gasteiger partial charge in [-0.1, -0.05) is 0 Å². The molecule has 0 fully saturated rings. The molecule has 9 aromatic heterocycles. The van der Waals surface area contributed by atoms with Crippen LogP contribution in [0.5, 0.6) is 0 Å². The zero-order chi connectivity index (χ0) is 72.2. The Hall–Kier alpha value is -13.3. The zero-order valence-corrected chi connectivity index (χ0v) is 52.6. The van der Waals surface area contributed by atoms with E-state index in [0.717, 1.165) is 32.4 Å². The molecule has 46 nitrogen and oxygen atoms in total. The molecule has 7 atom stereocenters. The Bertz CT molecular complexity index is 4970. The first-order chi connectivity index (χ1) is 47.6. The molecule has 0 saturated heterocycles. The van der Waals surface area contributed by atoms with Crippen LogP contribution in [0.2, 0.25) is 0 Å². The molecule has 9 rings (SSSR count). The molecule has 100 heavy (non-hydrogen) atoms. The summed E-state index contributed by atoms with van der Waals surface area (Å²) >= 11 is 0. The Kier molecular flexibility index (Phi) is 22.1. The van der Waals surface area contributed by atoms with Crippen LogP contribution in [0.1, 0.15) is 38.5 Å². The first-order valence-electron chi connectivity index (χ1n) is 30.3. The second-order valence-corrected chi connectivity index (χ2v) is 22.6. The van der Waals surface area contributed by atoms with Crippen LogP contribution in [-0.2, 0) is 72.8 Å². The summed E-state index contributed by atoms with van der Waals surface area (Å²) in [5.74, 6) is -9.38. The third-order valence-corrected chi connectivity index (χ3v) is 15.4. The number of amides is 7. The van der Waals surface area contributed by atoms with Gasteiger partial charge in [0.1, 0.15) is 59.7 Å². The number of H-pyrrole nitrogens is 3. The molecule has 0 unspecified atom stereocenters. The molecule has 0 saturated carbocycles. The van der Waals surface area contributed by atoms with Crippen LogP contribution < -0.4 is 117 Å². The standard InChI is InChI=1S/C54H69N33O13/c55-10-2-1-3-24(36(60)88)67-41(90)26(4-11-82-14-7-30(57)73-52(82)98)69-44(93)29(19-84-16-9-32(59)75-54(84)100)72-43(92)27(6-13-86-21-65-34-38(86)77-50(62)80-47(34)96)70-45(94)28(18-83-15-8-31(58)74-53(83)99)71-42(91)25(5-12-85-20-64-33-37(85)76-49(61)79-46(33)95)68-40(89)23(56)17-87-22-66-35-39(87)78-51(63)81-48(35)97/h7-9,14-16,20-29H,1-6,10-13,17-19,55-56H2,(H2,60,88)(H,67,90)(H,68,89)(H,69,93)(H,70,94)(H,71,91)(H,72,92)(H2,57,73,98)(H2,58,74,99)(H2,59,75,100)(H3,61,76,79,95)(H3,62,77,80,96)(H3,63,78,81,97)/t23-,24-,25-,26-,27-,28-,29-/m1/s1. The summed E-state index contributed by atoms with van der Waals surface area (Å²) in [5.41, 5.74) is 46.8. The number of carbonyl (C=O) groups is 7. The van der Waals surface area contributed by atoms with Gasteiger partial charge >= 0.3 is 17.1 Å². The molecule has 7 amide bonds. The van der Waals surface area contributed by atoms with Gasteiger partial charge in [-0.15, -0.1) is 0 Å². The molecule has 0 aliphatic rings. The van der Waals surface area contributed by atoms with E-state index in [2.05, 4.69) is 91.7 Å². The number of nitrogens with two attached hydrogens (primary N) is 9. The smallest absolute Gasteiger partial charge is 0.349 e. The summed E-state index contributed by atoms with van der Waals surface area (Å²) < 4.78 is 6.62. The number of aromatic amines is 3. The van der Waals surface area contributed by atoms with E-state index in [1.165, 1.54) is 50.8 Å². The van der Waals surface area contributed by atoms with E-state index in [0.29, 0.717) is 12.8 Å². The van der Waals surface area contributed by atoms with Gasteiger partial charge in [0.2, 0.25) is 59.2 Å². The number of nitrogens with one attached hydrogen (secondary N) is 9. The molecule has 528 valence electrons. The van der Waals surface area contributed by atoms with Gasteiger partial charge in [0.05, 0.1) is 32.1 Å². The number of rotatable bonds is 32. The third-order valence-electron chi connectivity index (χ3n) is 15.4. The number of aryl methyl sites for hydroxylation is 3. The van der Waals surface area contributed by atoms with E-state index in [-0.39, 0.29) is 101 Å². The van der Waals surface area contributed by atoms with Crippen molar-refractivity contribution in [3.05, 3.63) is 118 Å². The average molecular weight is 1390 g/mol.